The van der Waals surface area contributed by atoms with Gasteiger partial charge in [-0.25, -0.2) is 0 Å². The van der Waals surface area contributed by atoms with Crippen molar-refractivity contribution in [2.75, 3.05) is 6.54 Å². The van der Waals surface area contributed by atoms with Crippen LogP contribution in [0.2, 0.25) is 0 Å². The zero-order valence-electron chi connectivity index (χ0n) is 9.05. The van der Waals surface area contributed by atoms with Gasteiger partial charge in [-0.2, -0.15) is 12.6 Å². The minimum atomic E-state index is 0.125. The molecule has 2 nitrogen and oxygen atoms in total. The Morgan fingerprint density at radius 1 is 1.54 bits per heavy atom. The second-order valence-electron chi connectivity index (χ2n) is 4.35. The molecule has 0 bridgehead atoms. The Hall–Kier alpha value is -0.180. The molecule has 1 N–H and O–H groups in total. The van der Waals surface area contributed by atoms with E-state index in [0.29, 0.717) is 11.7 Å². The summed E-state index contributed by atoms with van der Waals surface area (Å²) >= 11 is 4.35. The van der Waals surface area contributed by atoms with Crippen LogP contribution in [0, 0.1) is 5.41 Å². The molecule has 3 heteroatoms. The molecule has 0 aromatic rings. The molecule has 78 valence electrons. The van der Waals surface area contributed by atoms with Crippen molar-refractivity contribution in [3.05, 3.63) is 0 Å². The van der Waals surface area contributed by atoms with E-state index >= 15 is 0 Å². The number of hydrogen-bond acceptors (Lipinski definition) is 2. The summed E-state index contributed by atoms with van der Waals surface area (Å²) in [5.74, 6) is 0.125. The van der Waals surface area contributed by atoms with Crippen LogP contribution >= 0.6 is 12.6 Å². The van der Waals surface area contributed by atoms with Gasteiger partial charge in [-0.3, -0.25) is 4.79 Å². The Kier molecular flexibility index (Phi) is 5.45. The lowest BCUT2D eigenvalue weighted by atomic mass is 9.88. The number of carbonyl (C=O) groups excluding carboxylic acids is 1. The molecule has 1 atom stereocenters. The lowest BCUT2D eigenvalue weighted by molar-refractivity contribution is -0.121. The first-order valence-electron chi connectivity index (χ1n) is 4.82. The molecule has 0 fully saturated rings. The van der Waals surface area contributed by atoms with Crippen molar-refractivity contribution in [1.29, 1.82) is 0 Å². The van der Waals surface area contributed by atoms with Crippen LogP contribution in [0.5, 0.6) is 0 Å². The standard InChI is InChI=1S/C10H21NOS/c1-5-9(12)11-7-10(3,4)6-8(2)13/h8,13H,5-7H2,1-4H3,(H,11,12). The Morgan fingerprint density at radius 3 is 2.46 bits per heavy atom. The largest absolute Gasteiger partial charge is 0.356 e. The second kappa shape index (κ2) is 5.53. The third kappa shape index (κ3) is 6.94. The average molecular weight is 203 g/mol. The molecule has 0 aromatic carbocycles. The van der Waals surface area contributed by atoms with Crippen molar-refractivity contribution >= 4 is 18.5 Å². The zero-order chi connectivity index (χ0) is 10.5. The van der Waals surface area contributed by atoms with Crippen molar-refractivity contribution in [3.63, 3.8) is 0 Å². The number of thiol groups is 1. The Bertz CT molecular complexity index is 166. The van der Waals surface area contributed by atoms with Crippen LogP contribution in [0.1, 0.15) is 40.5 Å². The number of rotatable bonds is 5. The van der Waals surface area contributed by atoms with Crippen LogP contribution in [0.25, 0.3) is 0 Å². The fourth-order valence-corrected chi connectivity index (χ4v) is 1.83. The van der Waals surface area contributed by atoms with Gasteiger partial charge in [0, 0.05) is 13.0 Å². The smallest absolute Gasteiger partial charge is 0.219 e. The van der Waals surface area contributed by atoms with Gasteiger partial charge in [0.1, 0.15) is 0 Å². The van der Waals surface area contributed by atoms with Gasteiger partial charge in [-0.05, 0) is 17.1 Å². The summed E-state index contributed by atoms with van der Waals surface area (Å²) in [6.07, 6.45) is 1.58. The molecule has 0 saturated heterocycles. The molecule has 0 saturated carbocycles. The zero-order valence-corrected chi connectivity index (χ0v) is 9.95. The molecule has 0 heterocycles. The minimum absolute atomic E-state index is 0.125. The second-order valence-corrected chi connectivity index (χ2v) is 5.23. The molecule has 1 amide bonds. The van der Waals surface area contributed by atoms with E-state index in [2.05, 4.69) is 38.7 Å². The first kappa shape index (κ1) is 12.8. The van der Waals surface area contributed by atoms with E-state index in [-0.39, 0.29) is 11.3 Å². The predicted molar refractivity (Wildman–Crippen MR) is 60.1 cm³/mol. The number of nitrogens with one attached hydrogen (secondary N) is 1. The first-order valence-corrected chi connectivity index (χ1v) is 5.34. The maximum absolute atomic E-state index is 11.0. The van der Waals surface area contributed by atoms with E-state index in [1.54, 1.807) is 0 Å². The summed E-state index contributed by atoms with van der Waals surface area (Å²) in [5, 5.41) is 3.29. The van der Waals surface area contributed by atoms with Gasteiger partial charge in [0.2, 0.25) is 5.91 Å². The van der Waals surface area contributed by atoms with Crippen LogP contribution in [0.3, 0.4) is 0 Å². The fourth-order valence-electron chi connectivity index (χ4n) is 1.33. The molecule has 13 heavy (non-hydrogen) atoms. The Labute approximate surface area is 86.9 Å². The van der Waals surface area contributed by atoms with E-state index in [1.807, 2.05) is 6.92 Å². The molecular weight excluding hydrogens is 182 g/mol. The maximum atomic E-state index is 11.0. The summed E-state index contributed by atoms with van der Waals surface area (Å²) in [7, 11) is 0. The van der Waals surface area contributed by atoms with Gasteiger partial charge in [0.15, 0.2) is 0 Å². The van der Waals surface area contributed by atoms with Crippen molar-refractivity contribution in [2.45, 2.75) is 45.8 Å². The molecule has 0 rings (SSSR count). The molecule has 0 aromatic heterocycles. The molecular formula is C10H21NOS. The van der Waals surface area contributed by atoms with Gasteiger partial charge >= 0.3 is 0 Å². The van der Waals surface area contributed by atoms with Crippen molar-refractivity contribution in [1.82, 2.24) is 5.32 Å². The third-order valence-corrected chi connectivity index (χ3v) is 2.12. The maximum Gasteiger partial charge on any atom is 0.219 e. The molecule has 0 aliphatic rings. The van der Waals surface area contributed by atoms with Gasteiger partial charge in [0.25, 0.3) is 0 Å². The summed E-state index contributed by atoms with van der Waals surface area (Å²) < 4.78 is 0. The van der Waals surface area contributed by atoms with Crippen molar-refractivity contribution in [2.24, 2.45) is 5.41 Å². The Morgan fingerprint density at radius 2 is 2.08 bits per heavy atom. The predicted octanol–water partition coefficient (Wildman–Crippen LogP) is 2.25. The summed E-state index contributed by atoms with van der Waals surface area (Å²) in [6.45, 7) is 8.98. The van der Waals surface area contributed by atoms with Gasteiger partial charge in [0.05, 0.1) is 0 Å². The van der Waals surface area contributed by atoms with Crippen molar-refractivity contribution in [3.8, 4) is 0 Å². The quantitative estimate of drug-likeness (QED) is 0.659. The highest BCUT2D eigenvalue weighted by Crippen LogP contribution is 2.23. The van der Waals surface area contributed by atoms with Crippen LogP contribution in [0.15, 0.2) is 0 Å². The molecule has 0 aliphatic carbocycles. The van der Waals surface area contributed by atoms with Gasteiger partial charge in [-0.15, -0.1) is 0 Å². The fraction of sp³-hybridized carbons (Fsp3) is 0.900. The number of carbonyl (C=O) groups is 1. The highest BCUT2D eigenvalue weighted by Gasteiger charge is 2.19. The van der Waals surface area contributed by atoms with E-state index in [9.17, 15) is 4.79 Å². The minimum Gasteiger partial charge on any atom is -0.356 e. The Balaban J connectivity index is 3.81. The molecule has 0 aliphatic heterocycles. The van der Waals surface area contributed by atoms with Gasteiger partial charge < -0.3 is 5.32 Å². The first-order chi connectivity index (χ1) is 5.87. The van der Waals surface area contributed by atoms with Crippen LogP contribution in [0.4, 0.5) is 0 Å². The average Bonchev–Trinajstić information content (AvgIpc) is 1.98. The van der Waals surface area contributed by atoms with Gasteiger partial charge in [-0.1, -0.05) is 27.7 Å². The topological polar surface area (TPSA) is 29.1 Å². The van der Waals surface area contributed by atoms with Crippen molar-refractivity contribution < 1.29 is 4.79 Å². The monoisotopic (exact) mass is 203 g/mol. The highest BCUT2D eigenvalue weighted by atomic mass is 32.1. The van der Waals surface area contributed by atoms with E-state index in [4.69, 9.17) is 0 Å². The highest BCUT2D eigenvalue weighted by molar-refractivity contribution is 7.80. The van der Waals surface area contributed by atoms with E-state index in [1.165, 1.54) is 0 Å². The van der Waals surface area contributed by atoms with Crippen LogP contribution in [-0.2, 0) is 4.79 Å². The SMILES string of the molecule is CCC(=O)NCC(C)(C)CC(C)S. The van der Waals surface area contributed by atoms with Crippen LogP contribution < -0.4 is 5.32 Å². The summed E-state index contributed by atoms with van der Waals surface area (Å²) in [6, 6.07) is 0. The lowest BCUT2D eigenvalue weighted by Crippen LogP contribution is -2.34. The third-order valence-electron chi connectivity index (χ3n) is 1.93. The van der Waals surface area contributed by atoms with Crippen LogP contribution in [-0.4, -0.2) is 17.7 Å². The lowest BCUT2D eigenvalue weighted by Gasteiger charge is -2.26. The molecule has 0 spiro atoms. The molecule has 0 radical (unpaired) electrons. The summed E-state index contributed by atoms with van der Waals surface area (Å²) in [4.78, 5) is 11.0. The number of hydrogen-bond donors (Lipinski definition) is 2. The van der Waals surface area contributed by atoms with E-state index < -0.39 is 0 Å². The molecule has 1 unspecified atom stereocenters. The van der Waals surface area contributed by atoms with E-state index in [0.717, 1.165) is 13.0 Å². The number of amides is 1. The summed E-state index contributed by atoms with van der Waals surface area (Å²) in [5.41, 5.74) is 0.145. The normalized spacial score (nSPS) is 13.9.